The van der Waals surface area contributed by atoms with Crippen LogP contribution in [0.25, 0.3) is 33.1 Å². The van der Waals surface area contributed by atoms with E-state index < -0.39 is 0 Å². The van der Waals surface area contributed by atoms with Gasteiger partial charge in [0.15, 0.2) is 5.65 Å². The van der Waals surface area contributed by atoms with Gasteiger partial charge in [0.2, 0.25) is 5.91 Å². The Balaban J connectivity index is 1.58. The zero-order chi connectivity index (χ0) is 20.2. The van der Waals surface area contributed by atoms with E-state index in [1.807, 2.05) is 36.4 Å². The maximum Gasteiger partial charge on any atom is 0.221 e. The highest BCUT2D eigenvalue weighted by Gasteiger charge is 2.15. The van der Waals surface area contributed by atoms with Crippen molar-refractivity contribution in [3.05, 3.63) is 48.5 Å². The minimum atomic E-state index is 0.0665. The van der Waals surface area contributed by atoms with Gasteiger partial charge in [-0.25, -0.2) is 9.97 Å². The molecule has 4 aromatic rings. The number of para-hydroxylation sites is 3. The predicted octanol–water partition coefficient (Wildman–Crippen LogP) is 3.59. The Labute approximate surface area is 170 Å². The fraction of sp³-hybridized carbons (Fsp3) is 0.348. The van der Waals surface area contributed by atoms with Gasteiger partial charge in [0, 0.05) is 31.4 Å². The van der Waals surface area contributed by atoms with E-state index in [1.54, 1.807) is 0 Å². The molecule has 0 aliphatic heterocycles. The van der Waals surface area contributed by atoms with Crippen LogP contribution in [0.4, 0.5) is 0 Å². The van der Waals surface area contributed by atoms with Gasteiger partial charge in [-0.15, -0.1) is 0 Å². The van der Waals surface area contributed by atoms with Crippen LogP contribution in [0.3, 0.4) is 0 Å². The van der Waals surface area contributed by atoms with E-state index in [0.717, 1.165) is 52.7 Å². The van der Waals surface area contributed by atoms with Crippen LogP contribution >= 0.6 is 0 Å². The molecule has 0 fully saturated rings. The van der Waals surface area contributed by atoms with E-state index in [0.29, 0.717) is 19.5 Å². The quantitative estimate of drug-likeness (QED) is 0.500. The summed E-state index contributed by atoms with van der Waals surface area (Å²) >= 11 is 0. The van der Waals surface area contributed by atoms with Gasteiger partial charge < -0.3 is 14.8 Å². The lowest BCUT2D eigenvalue weighted by atomic mass is 10.2. The number of fused-ring (bicyclic) bond motifs is 4. The van der Waals surface area contributed by atoms with Crippen LogP contribution in [-0.4, -0.2) is 51.5 Å². The molecule has 1 N–H and O–H groups in total. The third-order valence-corrected chi connectivity index (χ3v) is 5.46. The van der Waals surface area contributed by atoms with Crippen LogP contribution < -0.4 is 5.32 Å². The Bertz CT molecular complexity index is 1150. The smallest absolute Gasteiger partial charge is 0.221 e. The summed E-state index contributed by atoms with van der Waals surface area (Å²) < 4.78 is 2.12. The molecule has 0 radical (unpaired) electrons. The first-order valence-electron chi connectivity index (χ1n) is 10.3. The molecule has 0 saturated heterocycles. The van der Waals surface area contributed by atoms with Crippen LogP contribution in [0.5, 0.6) is 0 Å². The van der Waals surface area contributed by atoms with Crippen molar-refractivity contribution in [2.45, 2.75) is 26.8 Å². The van der Waals surface area contributed by atoms with Crippen LogP contribution in [-0.2, 0) is 11.3 Å². The lowest BCUT2D eigenvalue weighted by Gasteiger charge is -2.18. The molecule has 0 unspecified atom stereocenters. The van der Waals surface area contributed by atoms with Gasteiger partial charge in [0.25, 0.3) is 0 Å². The third-order valence-electron chi connectivity index (χ3n) is 5.46. The Morgan fingerprint density at radius 1 is 1.00 bits per heavy atom. The van der Waals surface area contributed by atoms with Crippen molar-refractivity contribution in [2.24, 2.45) is 0 Å². The molecule has 29 heavy (non-hydrogen) atoms. The van der Waals surface area contributed by atoms with Crippen molar-refractivity contribution in [2.75, 3.05) is 26.2 Å². The summed E-state index contributed by atoms with van der Waals surface area (Å²) in [6.45, 7) is 8.41. The first-order chi connectivity index (χ1) is 14.2. The summed E-state index contributed by atoms with van der Waals surface area (Å²) in [6.07, 6.45) is 0.417. The molecule has 2 aromatic carbocycles. The van der Waals surface area contributed by atoms with E-state index >= 15 is 0 Å². The fourth-order valence-electron chi connectivity index (χ4n) is 3.80. The number of likely N-dealkylation sites (N-methyl/N-ethyl adjacent to an activating group) is 1. The molecule has 0 atom stereocenters. The van der Waals surface area contributed by atoms with Crippen molar-refractivity contribution in [1.82, 2.24) is 24.8 Å². The number of carbonyl (C=O) groups is 1. The van der Waals surface area contributed by atoms with Gasteiger partial charge in [-0.2, -0.15) is 0 Å². The van der Waals surface area contributed by atoms with Crippen molar-refractivity contribution >= 4 is 39.0 Å². The Morgan fingerprint density at radius 2 is 1.69 bits per heavy atom. The molecular weight excluding hydrogens is 362 g/mol. The monoisotopic (exact) mass is 389 g/mol. The zero-order valence-electron chi connectivity index (χ0n) is 17.1. The number of hydrogen-bond acceptors (Lipinski definition) is 4. The number of aromatic nitrogens is 3. The lowest BCUT2D eigenvalue weighted by Crippen LogP contribution is -2.35. The Morgan fingerprint density at radius 3 is 2.45 bits per heavy atom. The molecule has 0 spiro atoms. The van der Waals surface area contributed by atoms with Crippen molar-refractivity contribution in [3.63, 3.8) is 0 Å². The predicted molar refractivity (Wildman–Crippen MR) is 118 cm³/mol. The highest BCUT2D eigenvalue weighted by Crippen LogP contribution is 2.28. The number of nitrogens with zero attached hydrogens (tertiary/aromatic N) is 4. The normalized spacial score (nSPS) is 11.7. The molecule has 0 saturated carbocycles. The summed E-state index contributed by atoms with van der Waals surface area (Å²) in [6, 6.07) is 16.1. The van der Waals surface area contributed by atoms with Crippen molar-refractivity contribution in [1.29, 1.82) is 0 Å². The molecule has 6 heteroatoms. The van der Waals surface area contributed by atoms with Crippen LogP contribution in [0.2, 0.25) is 0 Å². The minimum absolute atomic E-state index is 0.0665. The van der Waals surface area contributed by atoms with Gasteiger partial charge in [-0.1, -0.05) is 44.2 Å². The Hall–Kier alpha value is -2.99. The van der Waals surface area contributed by atoms with Crippen LogP contribution in [0, 0.1) is 0 Å². The first-order valence-corrected chi connectivity index (χ1v) is 10.3. The molecule has 0 aliphatic rings. The molecule has 2 heterocycles. The van der Waals surface area contributed by atoms with E-state index in [2.05, 4.69) is 40.8 Å². The largest absolute Gasteiger partial charge is 0.355 e. The average Bonchev–Trinajstić information content (AvgIpc) is 3.06. The number of benzene rings is 2. The van der Waals surface area contributed by atoms with E-state index in [4.69, 9.17) is 9.97 Å². The van der Waals surface area contributed by atoms with E-state index in [-0.39, 0.29) is 5.91 Å². The second-order valence-electron chi connectivity index (χ2n) is 7.18. The molecule has 4 rings (SSSR count). The number of rotatable bonds is 8. The maximum absolute atomic E-state index is 12.4. The number of aryl methyl sites for hydroxylation is 1. The summed E-state index contributed by atoms with van der Waals surface area (Å²) in [5.74, 6) is 0.0665. The average molecular weight is 390 g/mol. The topological polar surface area (TPSA) is 63.1 Å². The summed E-state index contributed by atoms with van der Waals surface area (Å²) in [5, 5.41) is 4.11. The zero-order valence-corrected chi connectivity index (χ0v) is 17.1. The number of nitrogens with one attached hydrogen (secondary N) is 1. The molecule has 1 amide bonds. The highest BCUT2D eigenvalue weighted by molar-refractivity contribution is 6.06. The number of hydrogen-bond donors (Lipinski definition) is 1. The van der Waals surface area contributed by atoms with Gasteiger partial charge >= 0.3 is 0 Å². The van der Waals surface area contributed by atoms with Crippen LogP contribution in [0.15, 0.2) is 48.5 Å². The summed E-state index contributed by atoms with van der Waals surface area (Å²) in [4.78, 5) is 24.4. The highest BCUT2D eigenvalue weighted by atomic mass is 16.1. The van der Waals surface area contributed by atoms with Gasteiger partial charge in [0.05, 0.1) is 16.6 Å². The van der Waals surface area contributed by atoms with Crippen molar-refractivity contribution < 1.29 is 4.79 Å². The molecule has 6 nitrogen and oxygen atoms in total. The molecular formula is C23H27N5O. The SMILES string of the molecule is CCN(CC)CCNC(=O)CCn1c2ccccc2c2nc3ccccc3nc21. The van der Waals surface area contributed by atoms with Crippen molar-refractivity contribution in [3.8, 4) is 0 Å². The third kappa shape index (κ3) is 3.93. The van der Waals surface area contributed by atoms with Gasteiger partial charge in [0.1, 0.15) is 5.52 Å². The van der Waals surface area contributed by atoms with E-state index in [1.165, 1.54) is 0 Å². The molecule has 0 bridgehead atoms. The first kappa shape index (κ1) is 19.3. The maximum atomic E-state index is 12.4. The second-order valence-corrected chi connectivity index (χ2v) is 7.18. The lowest BCUT2D eigenvalue weighted by molar-refractivity contribution is -0.121. The fourth-order valence-corrected chi connectivity index (χ4v) is 3.80. The number of amides is 1. The summed E-state index contributed by atoms with van der Waals surface area (Å²) in [7, 11) is 0. The summed E-state index contributed by atoms with van der Waals surface area (Å²) in [5.41, 5.74) is 4.54. The molecule has 0 aliphatic carbocycles. The van der Waals surface area contributed by atoms with Gasteiger partial charge in [-0.05, 0) is 31.3 Å². The van der Waals surface area contributed by atoms with Crippen LogP contribution in [0.1, 0.15) is 20.3 Å². The standard InChI is InChI=1S/C23H27N5O/c1-3-27(4-2)16-14-24-21(29)13-15-28-20-12-8-5-9-17(20)22-23(28)26-19-11-7-6-10-18(19)25-22/h5-12H,3-4,13-16H2,1-2H3,(H,24,29). The van der Waals surface area contributed by atoms with Gasteiger partial charge in [-0.3, -0.25) is 4.79 Å². The van der Waals surface area contributed by atoms with E-state index in [9.17, 15) is 4.79 Å². The second kappa shape index (κ2) is 8.57. The molecule has 150 valence electrons. The minimum Gasteiger partial charge on any atom is -0.355 e. The number of carbonyl (C=O) groups excluding carboxylic acids is 1. The molecule has 2 aromatic heterocycles. The Kier molecular flexibility index (Phi) is 5.71.